The van der Waals surface area contributed by atoms with Crippen LogP contribution in [0.5, 0.6) is 0 Å². The topological polar surface area (TPSA) is 35.6 Å². The first-order chi connectivity index (χ1) is 8.61. The van der Waals surface area contributed by atoms with Gasteiger partial charge in [-0.15, -0.1) is 12.4 Å². The molecule has 2 saturated heterocycles. The molecule has 0 aliphatic carbocycles. The first-order valence-electron chi connectivity index (χ1n) is 6.63. The highest BCUT2D eigenvalue weighted by Gasteiger charge is 2.34. The fourth-order valence-corrected chi connectivity index (χ4v) is 2.62. The van der Waals surface area contributed by atoms with Gasteiger partial charge in [0.25, 0.3) is 6.43 Å². The van der Waals surface area contributed by atoms with Crippen molar-refractivity contribution in [3.63, 3.8) is 0 Å². The molecule has 2 aliphatic rings. The quantitative estimate of drug-likeness (QED) is 0.834. The molecule has 7 heteroatoms. The number of nitrogens with zero attached hydrogens (tertiary/aromatic N) is 2. The Hall–Kier alpha value is -0.460. The fraction of sp³-hybridized carbons (Fsp3) is 0.917. The van der Waals surface area contributed by atoms with Crippen molar-refractivity contribution in [3.8, 4) is 0 Å². The van der Waals surface area contributed by atoms with Crippen molar-refractivity contribution in [2.75, 3.05) is 39.3 Å². The first-order valence-corrected chi connectivity index (χ1v) is 6.63. The van der Waals surface area contributed by atoms with Gasteiger partial charge in [0.2, 0.25) is 5.91 Å². The smallest absolute Gasteiger partial charge is 0.251 e. The summed E-state index contributed by atoms with van der Waals surface area (Å²) in [5, 5.41) is 3.08. The Kier molecular flexibility index (Phi) is 6.42. The average Bonchev–Trinajstić information content (AvgIpc) is 2.26. The van der Waals surface area contributed by atoms with Gasteiger partial charge in [0.15, 0.2) is 0 Å². The van der Waals surface area contributed by atoms with Crippen LogP contribution in [0.25, 0.3) is 0 Å². The Morgan fingerprint density at radius 2 is 2.05 bits per heavy atom. The van der Waals surface area contributed by atoms with Gasteiger partial charge in [0, 0.05) is 38.8 Å². The molecule has 2 fully saturated rings. The normalized spacial score (nSPS) is 25.1. The van der Waals surface area contributed by atoms with E-state index in [1.54, 1.807) is 0 Å². The molecule has 1 amide bonds. The zero-order chi connectivity index (χ0) is 13.1. The standard InChI is InChI=1S/C12H21F2N3O.ClH/c1-2-10-7-17(12(18)9-5-15-6-9)4-3-16(10)8-11(13)14;/h9-11,15H,2-8H2,1H3;1H. The molecule has 112 valence electrons. The summed E-state index contributed by atoms with van der Waals surface area (Å²) in [5.41, 5.74) is 0. The summed E-state index contributed by atoms with van der Waals surface area (Å²) >= 11 is 0. The van der Waals surface area contributed by atoms with Gasteiger partial charge < -0.3 is 10.2 Å². The molecule has 1 unspecified atom stereocenters. The second-order valence-corrected chi connectivity index (χ2v) is 5.09. The maximum absolute atomic E-state index is 12.4. The molecule has 2 heterocycles. The highest BCUT2D eigenvalue weighted by atomic mass is 35.5. The van der Waals surface area contributed by atoms with Gasteiger partial charge in [0.1, 0.15) is 0 Å². The van der Waals surface area contributed by atoms with E-state index in [4.69, 9.17) is 0 Å². The van der Waals surface area contributed by atoms with Crippen molar-refractivity contribution in [2.45, 2.75) is 25.8 Å². The van der Waals surface area contributed by atoms with Crippen LogP contribution in [0.1, 0.15) is 13.3 Å². The lowest BCUT2D eigenvalue weighted by Gasteiger charge is -2.43. The number of piperazine rings is 1. The zero-order valence-corrected chi connectivity index (χ0v) is 12.0. The summed E-state index contributed by atoms with van der Waals surface area (Å²) in [5.74, 6) is 0.285. The number of alkyl halides is 2. The van der Waals surface area contributed by atoms with E-state index in [1.165, 1.54) is 0 Å². The largest absolute Gasteiger partial charge is 0.340 e. The number of carbonyl (C=O) groups excluding carboxylic acids is 1. The molecule has 4 nitrogen and oxygen atoms in total. The van der Waals surface area contributed by atoms with Crippen LogP contribution in [-0.4, -0.2) is 67.4 Å². The Balaban J connectivity index is 0.00000180. The first kappa shape index (κ1) is 16.6. The molecule has 0 aromatic rings. The third-order valence-corrected chi connectivity index (χ3v) is 3.89. The Labute approximate surface area is 118 Å². The van der Waals surface area contributed by atoms with Crippen LogP contribution in [0.4, 0.5) is 8.78 Å². The molecule has 0 spiro atoms. The highest BCUT2D eigenvalue weighted by Crippen LogP contribution is 2.17. The lowest BCUT2D eigenvalue weighted by atomic mass is 10.00. The van der Waals surface area contributed by atoms with Crippen molar-refractivity contribution < 1.29 is 13.6 Å². The summed E-state index contributed by atoms with van der Waals surface area (Å²) in [6, 6.07) is 0.0738. The summed E-state index contributed by atoms with van der Waals surface area (Å²) in [6.07, 6.45) is -1.49. The second kappa shape index (κ2) is 7.36. The number of amides is 1. The highest BCUT2D eigenvalue weighted by molar-refractivity contribution is 5.85. The van der Waals surface area contributed by atoms with Crippen molar-refractivity contribution in [2.24, 2.45) is 5.92 Å². The molecule has 19 heavy (non-hydrogen) atoms. The minimum absolute atomic E-state index is 0. The van der Waals surface area contributed by atoms with Crippen molar-refractivity contribution in [1.82, 2.24) is 15.1 Å². The lowest BCUT2D eigenvalue weighted by molar-refractivity contribution is -0.140. The molecule has 0 aromatic carbocycles. The summed E-state index contributed by atoms with van der Waals surface area (Å²) in [6.45, 7) is 5.07. The number of halogens is 3. The number of carbonyl (C=O) groups is 1. The Morgan fingerprint density at radius 3 is 2.53 bits per heavy atom. The van der Waals surface area contributed by atoms with Gasteiger partial charge >= 0.3 is 0 Å². The third kappa shape index (κ3) is 4.00. The maximum atomic E-state index is 12.4. The van der Waals surface area contributed by atoms with E-state index in [0.29, 0.717) is 19.6 Å². The average molecular weight is 298 g/mol. The van der Waals surface area contributed by atoms with Crippen LogP contribution in [0.3, 0.4) is 0 Å². The van der Waals surface area contributed by atoms with Gasteiger partial charge in [-0.3, -0.25) is 9.69 Å². The predicted octanol–water partition coefficient (Wildman–Crippen LogP) is 0.815. The summed E-state index contributed by atoms with van der Waals surface area (Å²) in [4.78, 5) is 15.8. The van der Waals surface area contributed by atoms with Crippen molar-refractivity contribution >= 4 is 18.3 Å². The van der Waals surface area contributed by atoms with Gasteiger partial charge in [0.05, 0.1) is 12.5 Å². The van der Waals surface area contributed by atoms with E-state index in [1.807, 2.05) is 16.7 Å². The Bertz CT molecular complexity index is 303. The molecule has 0 aromatic heterocycles. The van der Waals surface area contributed by atoms with E-state index in [2.05, 4.69) is 5.32 Å². The molecule has 0 bridgehead atoms. The minimum Gasteiger partial charge on any atom is -0.340 e. The molecule has 0 saturated carbocycles. The summed E-state index contributed by atoms with van der Waals surface area (Å²) < 4.78 is 24.9. The van der Waals surface area contributed by atoms with Crippen LogP contribution >= 0.6 is 12.4 Å². The van der Waals surface area contributed by atoms with Gasteiger partial charge in [-0.2, -0.15) is 0 Å². The number of hydrogen-bond acceptors (Lipinski definition) is 3. The van der Waals surface area contributed by atoms with Gasteiger partial charge in [-0.1, -0.05) is 6.92 Å². The molecular formula is C12H22ClF2N3O. The van der Waals surface area contributed by atoms with Crippen molar-refractivity contribution in [1.29, 1.82) is 0 Å². The van der Waals surface area contributed by atoms with Crippen molar-refractivity contribution in [3.05, 3.63) is 0 Å². The zero-order valence-electron chi connectivity index (χ0n) is 11.1. The lowest BCUT2D eigenvalue weighted by Crippen LogP contribution is -2.59. The van der Waals surface area contributed by atoms with Crippen LogP contribution < -0.4 is 5.32 Å². The molecule has 1 N–H and O–H groups in total. The SMILES string of the molecule is CCC1CN(C(=O)C2CNC2)CCN1CC(F)F.Cl. The molecular weight excluding hydrogens is 276 g/mol. The molecule has 2 rings (SSSR count). The molecule has 2 aliphatic heterocycles. The van der Waals surface area contributed by atoms with Gasteiger partial charge in [-0.05, 0) is 6.42 Å². The van der Waals surface area contributed by atoms with E-state index in [-0.39, 0.29) is 36.8 Å². The van der Waals surface area contributed by atoms with Crippen LogP contribution in [0.2, 0.25) is 0 Å². The predicted molar refractivity (Wildman–Crippen MR) is 71.8 cm³/mol. The monoisotopic (exact) mass is 297 g/mol. The minimum atomic E-state index is -2.29. The number of nitrogens with one attached hydrogen (secondary N) is 1. The number of hydrogen-bond donors (Lipinski definition) is 1. The van der Waals surface area contributed by atoms with E-state index in [0.717, 1.165) is 19.5 Å². The number of rotatable bonds is 4. The Morgan fingerprint density at radius 1 is 1.37 bits per heavy atom. The van der Waals surface area contributed by atoms with Gasteiger partial charge in [-0.25, -0.2) is 8.78 Å². The summed E-state index contributed by atoms with van der Waals surface area (Å²) in [7, 11) is 0. The third-order valence-electron chi connectivity index (χ3n) is 3.89. The molecule has 1 atom stereocenters. The molecule has 0 radical (unpaired) electrons. The van der Waals surface area contributed by atoms with E-state index >= 15 is 0 Å². The van der Waals surface area contributed by atoms with Crippen LogP contribution in [0, 0.1) is 5.92 Å². The van der Waals surface area contributed by atoms with Crippen LogP contribution in [-0.2, 0) is 4.79 Å². The van der Waals surface area contributed by atoms with Crippen LogP contribution in [0.15, 0.2) is 0 Å². The van der Waals surface area contributed by atoms with E-state index in [9.17, 15) is 13.6 Å². The maximum Gasteiger partial charge on any atom is 0.251 e. The second-order valence-electron chi connectivity index (χ2n) is 5.09. The fourth-order valence-electron chi connectivity index (χ4n) is 2.62. The van der Waals surface area contributed by atoms with E-state index < -0.39 is 6.43 Å².